The third-order valence-electron chi connectivity index (χ3n) is 4.26. The van der Waals surface area contributed by atoms with Gasteiger partial charge in [-0.15, -0.1) is 0 Å². The Morgan fingerprint density at radius 3 is 3.04 bits per heavy atom. The second-order valence-electron chi connectivity index (χ2n) is 6.09. The van der Waals surface area contributed by atoms with Crippen LogP contribution in [0.4, 0.5) is 5.82 Å². The number of anilines is 1. The molecule has 7 nitrogen and oxygen atoms in total. The normalized spacial score (nSPS) is 18.7. The van der Waals surface area contributed by atoms with E-state index in [0.717, 1.165) is 49.1 Å². The Labute approximate surface area is 142 Å². The van der Waals surface area contributed by atoms with E-state index < -0.39 is 0 Å². The number of nitrogens with one attached hydrogen (secondary N) is 2. The van der Waals surface area contributed by atoms with Crippen LogP contribution in [-0.2, 0) is 17.7 Å². The SMILES string of the molecule is CCCCc1ncc(CN2CCOC(c3nccnc3NC)C2)[nH]1. The van der Waals surface area contributed by atoms with Gasteiger partial charge in [0.2, 0.25) is 0 Å². The molecule has 2 aromatic rings. The smallest absolute Gasteiger partial charge is 0.150 e. The molecule has 1 fully saturated rings. The summed E-state index contributed by atoms with van der Waals surface area (Å²) in [6.07, 6.45) is 8.69. The van der Waals surface area contributed by atoms with E-state index >= 15 is 0 Å². The Bertz CT molecular complexity index is 644. The number of unbranched alkanes of at least 4 members (excludes halogenated alkanes) is 1. The van der Waals surface area contributed by atoms with Crippen LogP contribution in [0.3, 0.4) is 0 Å². The number of aryl methyl sites for hydroxylation is 1. The third kappa shape index (κ3) is 4.10. The largest absolute Gasteiger partial charge is 0.372 e. The molecule has 3 rings (SSSR count). The first-order valence-corrected chi connectivity index (χ1v) is 8.65. The lowest BCUT2D eigenvalue weighted by Gasteiger charge is -2.32. The van der Waals surface area contributed by atoms with Crippen LogP contribution < -0.4 is 5.32 Å². The topological polar surface area (TPSA) is 79.0 Å². The number of morpholine rings is 1. The Morgan fingerprint density at radius 1 is 1.33 bits per heavy atom. The highest BCUT2D eigenvalue weighted by molar-refractivity contribution is 5.40. The highest BCUT2D eigenvalue weighted by Gasteiger charge is 2.25. The van der Waals surface area contributed by atoms with E-state index in [-0.39, 0.29) is 6.10 Å². The fourth-order valence-electron chi connectivity index (χ4n) is 2.99. The van der Waals surface area contributed by atoms with Gasteiger partial charge in [-0.05, 0) is 6.42 Å². The average molecular weight is 330 g/mol. The van der Waals surface area contributed by atoms with Crippen molar-refractivity contribution in [1.82, 2.24) is 24.8 Å². The molecule has 0 amide bonds. The summed E-state index contributed by atoms with van der Waals surface area (Å²) >= 11 is 0. The molecule has 0 spiro atoms. The highest BCUT2D eigenvalue weighted by atomic mass is 16.5. The third-order valence-corrected chi connectivity index (χ3v) is 4.26. The minimum Gasteiger partial charge on any atom is -0.372 e. The number of nitrogens with zero attached hydrogens (tertiary/aromatic N) is 4. The zero-order valence-corrected chi connectivity index (χ0v) is 14.5. The number of imidazole rings is 1. The van der Waals surface area contributed by atoms with Crippen LogP contribution >= 0.6 is 0 Å². The second kappa shape index (κ2) is 8.21. The predicted octanol–water partition coefficient (Wildman–Crippen LogP) is 2.16. The summed E-state index contributed by atoms with van der Waals surface area (Å²) in [5.41, 5.74) is 2.03. The van der Waals surface area contributed by atoms with Crippen LogP contribution in [-0.4, -0.2) is 51.6 Å². The van der Waals surface area contributed by atoms with Crippen LogP contribution in [0.25, 0.3) is 0 Å². The van der Waals surface area contributed by atoms with E-state index in [1.807, 2.05) is 13.2 Å². The van der Waals surface area contributed by atoms with Crippen molar-refractivity contribution in [2.45, 2.75) is 38.8 Å². The molecule has 0 bridgehead atoms. The summed E-state index contributed by atoms with van der Waals surface area (Å²) in [5.74, 6) is 1.87. The van der Waals surface area contributed by atoms with Gasteiger partial charge >= 0.3 is 0 Å². The molecule has 1 saturated heterocycles. The number of ether oxygens (including phenoxy) is 1. The lowest BCUT2D eigenvalue weighted by atomic mass is 10.2. The van der Waals surface area contributed by atoms with Gasteiger partial charge in [0.1, 0.15) is 23.4 Å². The summed E-state index contributed by atoms with van der Waals surface area (Å²) in [6, 6.07) is 0. The Hall–Kier alpha value is -1.99. The molecule has 3 heterocycles. The molecule has 1 atom stereocenters. The molecule has 1 unspecified atom stereocenters. The summed E-state index contributed by atoms with van der Waals surface area (Å²) in [4.78, 5) is 19.1. The van der Waals surface area contributed by atoms with Gasteiger partial charge in [-0.25, -0.2) is 9.97 Å². The first-order chi connectivity index (χ1) is 11.8. The van der Waals surface area contributed by atoms with Crippen LogP contribution in [0, 0.1) is 0 Å². The molecule has 0 aromatic carbocycles. The number of hydrogen-bond acceptors (Lipinski definition) is 6. The number of rotatable bonds is 7. The number of hydrogen-bond donors (Lipinski definition) is 2. The maximum atomic E-state index is 5.92. The van der Waals surface area contributed by atoms with E-state index in [1.165, 1.54) is 12.8 Å². The van der Waals surface area contributed by atoms with E-state index in [9.17, 15) is 0 Å². The van der Waals surface area contributed by atoms with Gasteiger partial charge < -0.3 is 15.0 Å². The second-order valence-corrected chi connectivity index (χ2v) is 6.09. The van der Waals surface area contributed by atoms with Crippen LogP contribution in [0.2, 0.25) is 0 Å². The van der Waals surface area contributed by atoms with Crippen LogP contribution in [0.15, 0.2) is 18.6 Å². The van der Waals surface area contributed by atoms with Gasteiger partial charge in [0.05, 0.1) is 6.61 Å². The van der Waals surface area contributed by atoms with Crippen molar-refractivity contribution in [3.05, 3.63) is 35.8 Å². The molecule has 0 radical (unpaired) electrons. The predicted molar refractivity (Wildman–Crippen MR) is 92.7 cm³/mol. The van der Waals surface area contributed by atoms with Gasteiger partial charge in [0, 0.05) is 57.4 Å². The number of aromatic nitrogens is 4. The average Bonchev–Trinajstić information content (AvgIpc) is 3.07. The van der Waals surface area contributed by atoms with Crippen molar-refractivity contribution in [3.8, 4) is 0 Å². The van der Waals surface area contributed by atoms with Crippen molar-refractivity contribution < 1.29 is 4.74 Å². The van der Waals surface area contributed by atoms with Crippen molar-refractivity contribution >= 4 is 5.82 Å². The Kier molecular flexibility index (Phi) is 5.77. The summed E-state index contributed by atoms with van der Waals surface area (Å²) in [6.45, 7) is 5.46. The molecule has 130 valence electrons. The molecule has 2 aromatic heterocycles. The molecule has 1 aliphatic rings. The van der Waals surface area contributed by atoms with Gasteiger partial charge in [-0.3, -0.25) is 9.88 Å². The molecule has 0 aliphatic carbocycles. The van der Waals surface area contributed by atoms with E-state index in [4.69, 9.17) is 4.74 Å². The highest BCUT2D eigenvalue weighted by Crippen LogP contribution is 2.25. The molecular formula is C17H26N6O. The molecular weight excluding hydrogens is 304 g/mol. The number of H-pyrrole nitrogens is 1. The molecule has 0 saturated carbocycles. The first kappa shape index (κ1) is 16.9. The summed E-state index contributed by atoms with van der Waals surface area (Å²) in [5, 5.41) is 3.09. The lowest BCUT2D eigenvalue weighted by Crippen LogP contribution is -2.38. The van der Waals surface area contributed by atoms with E-state index in [0.29, 0.717) is 6.61 Å². The van der Waals surface area contributed by atoms with Crippen LogP contribution in [0.5, 0.6) is 0 Å². The fraction of sp³-hybridized carbons (Fsp3) is 0.588. The van der Waals surface area contributed by atoms with Gasteiger partial charge in [-0.1, -0.05) is 13.3 Å². The monoisotopic (exact) mass is 330 g/mol. The standard InChI is InChI=1S/C17H26N6O/c1-3-4-5-15-21-10-13(22-15)11-23-8-9-24-14(12-23)16-17(18-2)20-7-6-19-16/h6-7,10,14H,3-5,8-9,11-12H2,1-2H3,(H,18,20)(H,21,22). The van der Waals surface area contributed by atoms with Crippen molar-refractivity contribution in [2.24, 2.45) is 0 Å². The zero-order valence-electron chi connectivity index (χ0n) is 14.5. The van der Waals surface area contributed by atoms with Crippen LogP contribution in [0.1, 0.15) is 43.1 Å². The fourth-order valence-corrected chi connectivity index (χ4v) is 2.99. The van der Waals surface area contributed by atoms with E-state index in [2.05, 4.69) is 37.1 Å². The van der Waals surface area contributed by atoms with Crippen molar-refractivity contribution in [2.75, 3.05) is 32.1 Å². The van der Waals surface area contributed by atoms with Gasteiger partial charge in [-0.2, -0.15) is 0 Å². The molecule has 2 N–H and O–H groups in total. The Morgan fingerprint density at radius 2 is 2.21 bits per heavy atom. The van der Waals surface area contributed by atoms with Crippen molar-refractivity contribution in [1.29, 1.82) is 0 Å². The van der Waals surface area contributed by atoms with Gasteiger partial charge in [0.25, 0.3) is 0 Å². The Balaban J connectivity index is 1.62. The maximum absolute atomic E-state index is 5.92. The minimum atomic E-state index is -0.0580. The first-order valence-electron chi connectivity index (χ1n) is 8.65. The molecule has 7 heteroatoms. The molecule has 24 heavy (non-hydrogen) atoms. The summed E-state index contributed by atoms with van der Waals surface area (Å²) < 4.78 is 5.92. The van der Waals surface area contributed by atoms with E-state index in [1.54, 1.807) is 12.4 Å². The number of aromatic amines is 1. The minimum absolute atomic E-state index is 0.0580. The lowest BCUT2D eigenvalue weighted by molar-refractivity contribution is -0.0350. The maximum Gasteiger partial charge on any atom is 0.150 e. The molecule has 1 aliphatic heterocycles. The quantitative estimate of drug-likeness (QED) is 0.810. The van der Waals surface area contributed by atoms with Crippen molar-refractivity contribution in [3.63, 3.8) is 0 Å². The zero-order chi connectivity index (χ0) is 16.8. The van der Waals surface area contributed by atoms with Gasteiger partial charge in [0.15, 0.2) is 0 Å². The summed E-state index contributed by atoms with van der Waals surface area (Å²) in [7, 11) is 1.86.